The van der Waals surface area contributed by atoms with Crippen LogP contribution in [0.5, 0.6) is 0 Å². The van der Waals surface area contributed by atoms with Crippen molar-refractivity contribution in [3.8, 4) is 0 Å². The number of nitrogens with zero attached hydrogens (tertiary/aromatic N) is 1. The van der Waals surface area contributed by atoms with Gasteiger partial charge in [0.15, 0.2) is 0 Å². The van der Waals surface area contributed by atoms with Crippen molar-refractivity contribution in [3.05, 3.63) is 0 Å². The van der Waals surface area contributed by atoms with Crippen molar-refractivity contribution in [2.45, 2.75) is 78.9 Å². The Labute approximate surface area is 170 Å². The Balaban J connectivity index is 0.000000431. The van der Waals surface area contributed by atoms with Gasteiger partial charge in [-0.05, 0) is 32.6 Å². The number of carbonyl (C=O) groups excluding carboxylic acids is 3. The monoisotopic (exact) mass is 401 g/mol. The van der Waals surface area contributed by atoms with Gasteiger partial charge in [-0.3, -0.25) is 14.4 Å². The summed E-state index contributed by atoms with van der Waals surface area (Å²) >= 11 is 0. The van der Waals surface area contributed by atoms with Gasteiger partial charge in [0.2, 0.25) is 5.91 Å². The number of carbonyl (C=O) groups is 3. The van der Waals surface area contributed by atoms with E-state index in [0.717, 1.165) is 38.8 Å². The zero-order chi connectivity index (χ0) is 21.7. The van der Waals surface area contributed by atoms with E-state index in [9.17, 15) is 14.4 Å². The second-order valence-corrected chi connectivity index (χ2v) is 7.18. The SMILES string of the molecule is CCC(C)N1CCCC1=O.CCC(OC)C1C(=O)OC(=O)C1C.CCCOC. The highest BCUT2D eigenvalue weighted by Crippen LogP contribution is 2.28. The van der Waals surface area contributed by atoms with E-state index in [4.69, 9.17) is 9.47 Å². The molecule has 164 valence electrons. The molecule has 0 aliphatic carbocycles. The maximum Gasteiger partial charge on any atom is 0.320 e. The largest absolute Gasteiger partial charge is 0.393 e. The van der Waals surface area contributed by atoms with Crippen LogP contribution >= 0.6 is 0 Å². The summed E-state index contributed by atoms with van der Waals surface area (Å²) in [5, 5.41) is 0. The molecule has 2 aliphatic heterocycles. The molecule has 7 heteroatoms. The Morgan fingerprint density at radius 3 is 2.04 bits per heavy atom. The molecule has 0 saturated carbocycles. The van der Waals surface area contributed by atoms with Crippen molar-refractivity contribution in [1.82, 2.24) is 4.90 Å². The molecule has 0 aromatic carbocycles. The Morgan fingerprint density at radius 1 is 1.11 bits per heavy atom. The van der Waals surface area contributed by atoms with Gasteiger partial charge in [0, 0.05) is 39.8 Å². The minimum atomic E-state index is -0.453. The van der Waals surface area contributed by atoms with Crippen LogP contribution in [0.25, 0.3) is 0 Å². The van der Waals surface area contributed by atoms with Crippen LogP contribution < -0.4 is 0 Å². The van der Waals surface area contributed by atoms with Gasteiger partial charge in [0.05, 0.1) is 17.9 Å². The molecule has 2 heterocycles. The van der Waals surface area contributed by atoms with Crippen molar-refractivity contribution in [3.63, 3.8) is 0 Å². The highest BCUT2D eigenvalue weighted by Gasteiger charge is 2.45. The van der Waals surface area contributed by atoms with Crippen molar-refractivity contribution in [2.24, 2.45) is 11.8 Å². The molecular weight excluding hydrogens is 362 g/mol. The van der Waals surface area contributed by atoms with Crippen LogP contribution in [-0.2, 0) is 28.6 Å². The minimum Gasteiger partial charge on any atom is -0.393 e. The van der Waals surface area contributed by atoms with E-state index in [2.05, 4.69) is 25.5 Å². The lowest BCUT2D eigenvalue weighted by Gasteiger charge is -2.22. The van der Waals surface area contributed by atoms with Gasteiger partial charge in [-0.2, -0.15) is 0 Å². The molecular formula is C21H39NO6. The Kier molecular flexibility index (Phi) is 13.8. The van der Waals surface area contributed by atoms with Crippen LogP contribution in [-0.4, -0.2) is 62.3 Å². The third kappa shape index (κ3) is 8.27. The number of hydrogen-bond donors (Lipinski definition) is 0. The number of ether oxygens (including phenoxy) is 3. The van der Waals surface area contributed by atoms with Gasteiger partial charge in [0.25, 0.3) is 0 Å². The number of hydrogen-bond acceptors (Lipinski definition) is 6. The molecule has 0 aromatic heterocycles. The van der Waals surface area contributed by atoms with E-state index in [1.807, 2.05) is 11.8 Å². The van der Waals surface area contributed by atoms with E-state index in [-0.39, 0.29) is 12.0 Å². The van der Waals surface area contributed by atoms with Gasteiger partial charge in [0.1, 0.15) is 0 Å². The van der Waals surface area contributed by atoms with Gasteiger partial charge in [-0.15, -0.1) is 0 Å². The molecule has 1 amide bonds. The first kappa shape index (κ1) is 26.5. The van der Waals surface area contributed by atoms with E-state index in [1.54, 1.807) is 14.0 Å². The number of esters is 2. The lowest BCUT2D eigenvalue weighted by Crippen LogP contribution is -2.33. The zero-order valence-corrected chi connectivity index (χ0v) is 18.7. The van der Waals surface area contributed by atoms with E-state index in [0.29, 0.717) is 18.4 Å². The summed E-state index contributed by atoms with van der Waals surface area (Å²) in [6, 6.07) is 0.454. The number of likely N-dealkylation sites (tertiary alicyclic amines) is 1. The molecule has 4 atom stereocenters. The fraction of sp³-hybridized carbons (Fsp3) is 0.857. The first-order chi connectivity index (χ1) is 13.3. The maximum absolute atomic E-state index is 11.2. The second kappa shape index (κ2) is 14.5. The van der Waals surface area contributed by atoms with Crippen molar-refractivity contribution in [2.75, 3.05) is 27.4 Å². The third-order valence-electron chi connectivity index (χ3n) is 5.13. The summed E-state index contributed by atoms with van der Waals surface area (Å²) in [4.78, 5) is 35.4. The molecule has 4 unspecified atom stereocenters. The first-order valence-corrected chi connectivity index (χ1v) is 10.3. The quantitative estimate of drug-likeness (QED) is 0.481. The Hall–Kier alpha value is -1.47. The van der Waals surface area contributed by atoms with Crippen LogP contribution in [0.2, 0.25) is 0 Å². The van der Waals surface area contributed by atoms with E-state index >= 15 is 0 Å². The number of amides is 1. The highest BCUT2D eigenvalue weighted by atomic mass is 16.6. The van der Waals surface area contributed by atoms with E-state index in [1.165, 1.54) is 7.11 Å². The molecule has 0 aromatic rings. The highest BCUT2D eigenvalue weighted by molar-refractivity contribution is 5.96. The maximum atomic E-state index is 11.2. The molecule has 0 radical (unpaired) electrons. The molecule has 2 rings (SSSR count). The van der Waals surface area contributed by atoms with Crippen molar-refractivity contribution >= 4 is 17.8 Å². The van der Waals surface area contributed by atoms with Crippen molar-refractivity contribution < 1.29 is 28.6 Å². The van der Waals surface area contributed by atoms with Crippen molar-refractivity contribution in [1.29, 1.82) is 0 Å². The Morgan fingerprint density at radius 2 is 1.75 bits per heavy atom. The first-order valence-electron chi connectivity index (χ1n) is 10.3. The van der Waals surface area contributed by atoms with Crippen LogP contribution in [0.1, 0.15) is 66.7 Å². The Bertz CT molecular complexity index is 476. The molecule has 0 spiro atoms. The third-order valence-corrected chi connectivity index (χ3v) is 5.13. The molecule has 2 aliphatic rings. The summed E-state index contributed by atoms with van der Waals surface area (Å²) < 4.78 is 14.3. The lowest BCUT2D eigenvalue weighted by atomic mass is 9.90. The van der Waals surface area contributed by atoms with E-state index < -0.39 is 17.9 Å². The number of rotatable bonds is 7. The molecule has 7 nitrogen and oxygen atoms in total. The summed E-state index contributed by atoms with van der Waals surface area (Å²) in [5.41, 5.74) is 0. The standard InChI is InChI=1S/C9H14O4.C8H15NO.C4H10O/c1-4-6(12-3)7-5(2)8(10)13-9(7)11;1-3-7(2)9-6-4-5-8(9)10;1-3-4-5-2/h5-7H,4H2,1-3H3;7H,3-6H2,1-2H3;3-4H2,1-2H3. The summed E-state index contributed by atoms with van der Waals surface area (Å²) in [5.74, 6) is -1.36. The molecule has 0 bridgehead atoms. The number of cyclic esters (lactones) is 2. The lowest BCUT2D eigenvalue weighted by molar-refractivity contribution is -0.154. The predicted molar refractivity (Wildman–Crippen MR) is 108 cm³/mol. The smallest absolute Gasteiger partial charge is 0.320 e. The zero-order valence-electron chi connectivity index (χ0n) is 18.7. The van der Waals surface area contributed by atoms with Gasteiger partial charge in [-0.1, -0.05) is 27.7 Å². The average Bonchev–Trinajstić information content (AvgIpc) is 3.21. The molecule has 0 N–H and O–H groups in total. The van der Waals surface area contributed by atoms with Crippen LogP contribution in [0.3, 0.4) is 0 Å². The molecule has 2 saturated heterocycles. The van der Waals surface area contributed by atoms with Gasteiger partial charge in [-0.25, -0.2) is 0 Å². The fourth-order valence-electron chi connectivity index (χ4n) is 3.21. The van der Waals surface area contributed by atoms with Gasteiger partial charge < -0.3 is 19.1 Å². The predicted octanol–water partition coefficient (Wildman–Crippen LogP) is 3.20. The average molecular weight is 402 g/mol. The molecule has 28 heavy (non-hydrogen) atoms. The van der Waals surface area contributed by atoms with Crippen LogP contribution in [0.15, 0.2) is 0 Å². The molecule has 2 fully saturated rings. The van der Waals surface area contributed by atoms with Crippen LogP contribution in [0.4, 0.5) is 0 Å². The topological polar surface area (TPSA) is 82.1 Å². The number of methoxy groups -OCH3 is 2. The summed E-state index contributed by atoms with van der Waals surface area (Å²) in [7, 11) is 3.25. The minimum absolute atomic E-state index is 0.214. The summed E-state index contributed by atoms with van der Waals surface area (Å²) in [6.45, 7) is 11.8. The van der Waals surface area contributed by atoms with Crippen LogP contribution in [0, 0.1) is 11.8 Å². The normalized spacial score (nSPS) is 23.4. The van der Waals surface area contributed by atoms with Gasteiger partial charge >= 0.3 is 11.9 Å². The second-order valence-electron chi connectivity index (χ2n) is 7.18. The summed E-state index contributed by atoms with van der Waals surface area (Å²) in [6.07, 6.45) is 4.51. The fourth-order valence-corrected chi connectivity index (χ4v) is 3.21.